The Balaban J connectivity index is 1.54. The number of anilines is 1. The van der Waals surface area contributed by atoms with Gasteiger partial charge in [-0.1, -0.05) is 43.7 Å². The van der Waals surface area contributed by atoms with Crippen molar-refractivity contribution in [3.8, 4) is 16.9 Å². The smallest absolute Gasteiger partial charge is 0.348 e. The maximum absolute atomic E-state index is 12.8. The molecule has 1 saturated carbocycles. The van der Waals surface area contributed by atoms with E-state index in [1.54, 1.807) is 4.90 Å². The van der Waals surface area contributed by atoms with E-state index in [0.29, 0.717) is 23.9 Å². The van der Waals surface area contributed by atoms with Crippen molar-refractivity contribution < 1.29 is 9.53 Å². The number of nitrogens with two attached hydrogens (primary N) is 1. The monoisotopic (exact) mass is 458 g/mol. The van der Waals surface area contributed by atoms with Gasteiger partial charge in [-0.15, -0.1) is 0 Å². The molecule has 1 unspecified atom stereocenters. The van der Waals surface area contributed by atoms with E-state index in [0.717, 1.165) is 23.3 Å². The molecule has 178 valence electrons. The fourth-order valence-corrected chi connectivity index (χ4v) is 5.04. The molecule has 2 aromatic carbocycles. The maximum atomic E-state index is 12.8. The number of carbonyl (C=O) groups excluding carboxylic acids is 1. The topological polar surface area (TPSA) is 91.8 Å². The van der Waals surface area contributed by atoms with Crippen molar-refractivity contribution >= 4 is 23.6 Å². The molecular weight excluding hydrogens is 424 g/mol. The Kier molecular flexibility index (Phi) is 7.46. The molecule has 1 heterocycles. The molecule has 0 spiro atoms. The van der Waals surface area contributed by atoms with Gasteiger partial charge in [0.1, 0.15) is 11.9 Å². The molecule has 1 atom stereocenters. The molecular formula is C28H34N4O2. The van der Waals surface area contributed by atoms with Gasteiger partial charge in [0.25, 0.3) is 0 Å². The second-order valence-electron chi connectivity index (χ2n) is 9.29. The van der Waals surface area contributed by atoms with Crippen LogP contribution in [0.1, 0.15) is 57.4 Å². The van der Waals surface area contributed by atoms with Gasteiger partial charge in [0.15, 0.2) is 0 Å². The predicted octanol–water partition coefficient (Wildman–Crippen LogP) is 6.31. The first-order chi connectivity index (χ1) is 16.5. The number of rotatable bonds is 5. The quantitative estimate of drug-likeness (QED) is 0.514. The van der Waals surface area contributed by atoms with E-state index < -0.39 is 6.03 Å². The largest absolute Gasteiger partial charge is 0.487 e. The average Bonchev–Trinajstić information content (AvgIpc) is 2.87. The molecule has 1 aliphatic carbocycles. The first-order valence-electron chi connectivity index (χ1n) is 12.2. The third-order valence-corrected chi connectivity index (χ3v) is 7.03. The number of aliphatic imine (C=N–C) groups is 1. The molecule has 0 radical (unpaired) electrons. The summed E-state index contributed by atoms with van der Waals surface area (Å²) in [7, 11) is 0. The fraction of sp³-hybridized carbons (Fsp3) is 0.393. The van der Waals surface area contributed by atoms with Gasteiger partial charge in [0.05, 0.1) is 17.9 Å². The zero-order valence-electron chi connectivity index (χ0n) is 20.0. The minimum atomic E-state index is -0.442. The van der Waals surface area contributed by atoms with Crippen LogP contribution in [0.3, 0.4) is 0 Å². The van der Waals surface area contributed by atoms with Crippen molar-refractivity contribution in [1.29, 1.82) is 5.41 Å². The Morgan fingerprint density at radius 1 is 1.15 bits per heavy atom. The van der Waals surface area contributed by atoms with E-state index in [9.17, 15) is 4.79 Å². The van der Waals surface area contributed by atoms with E-state index in [-0.39, 0.29) is 11.8 Å². The number of hydrogen-bond acceptors (Lipinski definition) is 4. The highest BCUT2D eigenvalue weighted by Crippen LogP contribution is 2.39. The summed E-state index contributed by atoms with van der Waals surface area (Å²) in [6.45, 7) is 4.62. The van der Waals surface area contributed by atoms with Crippen LogP contribution >= 0.6 is 0 Å². The summed E-state index contributed by atoms with van der Waals surface area (Å²) in [6.07, 6.45) is 10.1. The molecule has 6 heteroatoms. The Hall–Kier alpha value is -3.41. The van der Waals surface area contributed by atoms with Gasteiger partial charge in [-0.25, -0.2) is 4.79 Å². The van der Waals surface area contributed by atoms with Crippen molar-refractivity contribution in [2.75, 3.05) is 11.4 Å². The number of carbonyl (C=O) groups is 1. The number of fused-ring (bicyclic) bond motifs is 1. The summed E-state index contributed by atoms with van der Waals surface area (Å²) in [5.74, 6) is 2.23. The minimum Gasteiger partial charge on any atom is -0.487 e. The summed E-state index contributed by atoms with van der Waals surface area (Å²) in [6, 6.07) is 14.4. The maximum Gasteiger partial charge on any atom is 0.348 e. The lowest BCUT2D eigenvalue weighted by Gasteiger charge is -2.32. The zero-order valence-corrected chi connectivity index (χ0v) is 20.0. The summed E-state index contributed by atoms with van der Waals surface area (Å²) >= 11 is 0. The highest BCUT2D eigenvalue weighted by molar-refractivity contribution is 6.37. The van der Waals surface area contributed by atoms with Crippen LogP contribution in [0.25, 0.3) is 11.1 Å². The lowest BCUT2D eigenvalue weighted by molar-refractivity contribution is 0.208. The Labute approximate surface area is 202 Å². The van der Waals surface area contributed by atoms with Crippen LogP contribution in [0, 0.1) is 11.3 Å². The van der Waals surface area contributed by atoms with E-state index in [2.05, 4.69) is 36.2 Å². The van der Waals surface area contributed by atoms with Crippen LogP contribution < -0.4 is 15.4 Å². The Bertz CT molecular complexity index is 1080. The van der Waals surface area contributed by atoms with Crippen molar-refractivity contribution in [3.05, 3.63) is 60.3 Å². The van der Waals surface area contributed by atoms with E-state index >= 15 is 0 Å². The summed E-state index contributed by atoms with van der Waals surface area (Å²) in [5.41, 5.74) is 9.88. The number of allylic oxidation sites excluding steroid dienone is 1. The van der Waals surface area contributed by atoms with Gasteiger partial charge in [-0.2, -0.15) is 4.99 Å². The number of hydrogen-bond donors (Lipinski definition) is 2. The van der Waals surface area contributed by atoms with Crippen molar-refractivity contribution in [2.24, 2.45) is 16.6 Å². The minimum absolute atomic E-state index is 0.170. The van der Waals surface area contributed by atoms with Crippen LogP contribution in [0.15, 0.2) is 59.7 Å². The summed E-state index contributed by atoms with van der Waals surface area (Å²) in [4.78, 5) is 18.5. The van der Waals surface area contributed by atoms with E-state index in [4.69, 9.17) is 15.9 Å². The average molecular weight is 459 g/mol. The zero-order chi connectivity index (χ0) is 24.1. The van der Waals surface area contributed by atoms with Crippen LogP contribution in [0.5, 0.6) is 5.75 Å². The molecule has 2 aromatic rings. The van der Waals surface area contributed by atoms with E-state index in [1.807, 2.05) is 25.1 Å². The van der Waals surface area contributed by atoms with Crippen molar-refractivity contribution in [1.82, 2.24) is 0 Å². The normalized spacial score (nSPS) is 22.8. The second-order valence-corrected chi connectivity index (χ2v) is 9.29. The third-order valence-electron chi connectivity index (χ3n) is 7.03. The Morgan fingerprint density at radius 3 is 2.50 bits per heavy atom. The van der Waals surface area contributed by atoms with E-state index in [1.165, 1.54) is 49.9 Å². The molecule has 3 N–H and O–H groups in total. The summed E-state index contributed by atoms with van der Waals surface area (Å²) in [5, 5.41) is 7.42. The third kappa shape index (κ3) is 5.22. The van der Waals surface area contributed by atoms with Gasteiger partial charge in [0, 0.05) is 6.21 Å². The highest BCUT2D eigenvalue weighted by atomic mass is 16.5. The first kappa shape index (κ1) is 23.7. The standard InChI is InChI=1S/C28H34N4O2/c1-3-20-4-6-21(7-5-20)22-8-10-23(11-9-22)24-12-13-26-27(16-24)34-19(2)18-32(26)28(33)31-25(17-30)14-15-29/h8-17,19-21,30H,3-7,18,29H2,1-2H3. The molecule has 2 aliphatic rings. The molecule has 1 fully saturated rings. The van der Waals surface area contributed by atoms with Crippen LogP contribution in [0.2, 0.25) is 0 Å². The van der Waals surface area contributed by atoms with Gasteiger partial charge in [-0.05, 0) is 85.5 Å². The van der Waals surface area contributed by atoms with Gasteiger partial charge < -0.3 is 15.9 Å². The van der Waals surface area contributed by atoms with Gasteiger partial charge >= 0.3 is 6.03 Å². The predicted molar refractivity (Wildman–Crippen MR) is 139 cm³/mol. The fourth-order valence-electron chi connectivity index (χ4n) is 5.04. The molecule has 6 nitrogen and oxygen atoms in total. The first-order valence-corrected chi connectivity index (χ1v) is 12.2. The number of urea groups is 1. The van der Waals surface area contributed by atoms with Crippen LogP contribution in [-0.4, -0.2) is 30.6 Å². The molecule has 1 aliphatic heterocycles. The SMILES string of the molecule is CCC1CCC(c2ccc(-c3ccc4c(c3)OC(C)CN4C(=O)N=C(C=N)C=CN)cc2)CC1. The summed E-state index contributed by atoms with van der Waals surface area (Å²) < 4.78 is 6.07. The lowest BCUT2D eigenvalue weighted by atomic mass is 9.77. The molecule has 0 bridgehead atoms. The molecule has 0 saturated heterocycles. The van der Waals surface area contributed by atoms with Crippen LogP contribution in [0.4, 0.5) is 10.5 Å². The van der Waals surface area contributed by atoms with Gasteiger partial charge in [-0.3, -0.25) is 4.90 Å². The molecule has 4 rings (SSSR count). The molecule has 0 aromatic heterocycles. The number of nitrogens with zero attached hydrogens (tertiary/aromatic N) is 2. The Morgan fingerprint density at radius 2 is 1.85 bits per heavy atom. The van der Waals surface area contributed by atoms with Crippen molar-refractivity contribution in [2.45, 2.75) is 58.0 Å². The highest BCUT2D eigenvalue weighted by Gasteiger charge is 2.28. The number of nitrogens with one attached hydrogen (secondary N) is 1. The van der Waals surface area contributed by atoms with Gasteiger partial charge in [0.2, 0.25) is 0 Å². The number of amides is 2. The van der Waals surface area contributed by atoms with Crippen molar-refractivity contribution in [3.63, 3.8) is 0 Å². The lowest BCUT2D eigenvalue weighted by Crippen LogP contribution is -2.41. The number of ether oxygens (including phenoxy) is 1. The van der Waals surface area contributed by atoms with Crippen LogP contribution in [-0.2, 0) is 0 Å². The molecule has 34 heavy (non-hydrogen) atoms. The second kappa shape index (κ2) is 10.7. The molecule has 2 amide bonds. The number of benzene rings is 2.